The Morgan fingerprint density at radius 3 is 0.435 bits per heavy atom. The fourth-order valence-electron chi connectivity index (χ4n) is 4.31. The average Bonchev–Trinajstić information content (AvgIpc) is 3.13. The van der Waals surface area contributed by atoms with Gasteiger partial charge in [0.2, 0.25) is 0 Å². The highest BCUT2D eigenvalue weighted by molar-refractivity contribution is 5.52. The fraction of sp³-hybridized carbons (Fsp3) is 0. The van der Waals surface area contributed by atoms with Crippen molar-refractivity contribution in [2.24, 2.45) is 0 Å². The number of hydrogen-bond donors (Lipinski definition) is 0. The van der Waals surface area contributed by atoms with E-state index in [9.17, 15) is 0 Å². The lowest BCUT2D eigenvalue weighted by Crippen LogP contribution is -1.81. The van der Waals surface area contributed by atoms with Crippen molar-refractivity contribution in [2.75, 3.05) is 0 Å². The summed E-state index contributed by atoms with van der Waals surface area (Å²) in [7, 11) is 0. The molecule has 0 spiro atoms. The van der Waals surface area contributed by atoms with Gasteiger partial charge in [0, 0.05) is 55.6 Å². The Balaban J connectivity index is 1.02. The molecule has 0 aliphatic rings. The third kappa shape index (κ3) is 8.82. The zero-order valence-corrected chi connectivity index (χ0v) is 25.0. The predicted molar refractivity (Wildman–Crippen MR) is 189 cm³/mol. The minimum absolute atomic E-state index is 0.938. The number of hydrogen-bond acceptors (Lipinski definition) is 0. The second-order valence-corrected chi connectivity index (χ2v) is 10.3. The van der Waals surface area contributed by atoms with Crippen LogP contribution in [0.15, 0.2) is 158 Å². The molecule has 0 heteroatoms. The minimum Gasteiger partial charge on any atom is -0.0622 e. The van der Waals surface area contributed by atoms with Crippen LogP contribution >= 0.6 is 0 Å². The van der Waals surface area contributed by atoms with Crippen LogP contribution in [-0.4, -0.2) is 0 Å². The summed E-state index contributed by atoms with van der Waals surface area (Å²) in [6, 6.07) is 51.9. The monoisotopic (exact) mass is 578 g/mol. The first-order valence-electron chi connectivity index (χ1n) is 14.9. The largest absolute Gasteiger partial charge is 0.0622 e. The van der Waals surface area contributed by atoms with Gasteiger partial charge in [-0.3, -0.25) is 0 Å². The molecular weight excluding hydrogens is 553 g/mol. The first-order valence-corrected chi connectivity index (χ1v) is 14.9. The van der Waals surface area contributed by atoms with Gasteiger partial charge in [0.25, 0.3) is 0 Å². The molecule has 0 unspecified atom stereocenters. The molecule has 0 aliphatic heterocycles. The van der Waals surface area contributed by atoms with E-state index in [1.165, 1.54) is 0 Å². The average molecular weight is 579 g/mol. The molecule has 6 rings (SSSR count). The molecule has 0 radical (unpaired) electrons. The Labute approximate surface area is 271 Å². The predicted octanol–water partition coefficient (Wildman–Crippen LogP) is 8.69. The van der Waals surface area contributed by atoms with Crippen LogP contribution < -0.4 is 0 Å². The third-order valence-electron chi connectivity index (χ3n) is 6.84. The van der Waals surface area contributed by atoms with Gasteiger partial charge in [0.05, 0.1) is 0 Å². The minimum atomic E-state index is 0.938. The van der Waals surface area contributed by atoms with E-state index in [2.05, 4.69) is 59.2 Å². The molecule has 0 heterocycles. The molecule has 0 nitrogen and oxygen atoms in total. The van der Waals surface area contributed by atoms with Gasteiger partial charge in [0.1, 0.15) is 0 Å². The Hall–Kier alpha value is -6.88. The molecule has 0 fully saturated rings. The Bertz CT molecular complexity index is 2080. The van der Waals surface area contributed by atoms with Gasteiger partial charge in [-0.25, -0.2) is 0 Å². The molecule has 0 bridgehead atoms. The van der Waals surface area contributed by atoms with E-state index in [0.29, 0.717) is 0 Å². The quantitative estimate of drug-likeness (QED) is 0.158. The molecule has 0 N–H and O–H groups in total. The van der Waals surface area contributed by atoms with Crippen molar-refractivity contribution in [3.05, 3.63) is 213 Å². The van der Waals surface area contributed by atoms with E-state index in [1.807, 2.05) is 158 Å². The van der Waals surface area contributed by atoms with Gasteiger partial charge in [0.15, 0.2) is 0 Å². The summed E-state index contributed by atoms with van der Waals surface area (Å²) in [5.41, 5.74) is 9.59. The van der Waals surface area contributed by atoms with Gasteiger partial charge in [-0.05, 0) is 121 Å². The first-order chi connectivity index (χ1) is 22.7. The Morgan fingerprint density at radius 1 is 0.152 bits per heavy atom. The van der Waals surface area contributed by atoms with Crippen molar-refractivity contribution in [1.82, 2.24) is 0 Å². The molecule has 0 saturated heterocycles. The lowest BCUT2D eigenvalue weighted by molar-refractivity contribution is 1.57. The SMILES string of the molecule is C(#Cc1ccc(C#Cc2ccc(C#Cc3ccc(C#Cc4ccc(C#Cc5ccccc5)cc4)cc3)cc2)cc1)c1ccccc1. The lowest BCUT2D eigenvalue weighted by Gasteiger charge is -1.95. The van der Waals surface area contributed by atoms with Gasteiger partial charge in [-0.15, -0.1) is 0 Å². The zero-order chi connectivity index (χ0) is 31.2. The number of rotatable bonds is 0. The van der Waals surface area contributed by atoms with Gasteiger partial charge in [-0.2, -0.15) is 0 Å². The molecule has 0 atom stereocenters. The highest BCUT2D eigenvalue weighted by atomic mass is 14.0. The summed E-state index contributed by atoms with van der Waals surface area (Å²) >= 11 is 0. The maximum atomic E-state index is 3.24. The third-order valence-corrected chi connectivity index (χ3v) is 6.84. The first kappa shape index (κ1) is 29.2. The summed E-state index contributed by atoms with van der Waals surface area (Å²) in [5, 5.41) is 0. The second kappa shape index (κ2) is 15.0. The van der Waals surface area contributed by atoms with Gasteiger partial charge in [-0.1, -0.05) is 95.6 Å². The van der Waals surface area contributed by atoms with Crippen molar-refractivity contribution in [2.45, 2.75) is 0 Å². The summed E-state index contributed by atoms with van der Waals surface area (Å²) in [4.78, 5) is 0. The van der Waals surface area contributed by atoms with Crippen molar-refractivity contribution in [3.8, 4) is 59.2 Å². The van der Waals surface area contributed by atoms with Crippen LogP contribution in [0.4, 0.5) is 0 Å². The van der Waals surface area contributed by atoms with Crippen LogP contribution in [0.5, 0.6) is 0 Å². The van der Waals surface area contributed by atoms with Crippen molar-refractivity contribution in [3.63, 3.8) is 0 Å². The standard InChI is InChI=1S/C46H26/c1-3-7-37(8-4-1)11-13-39-15-19-41(20-16-39)23-25-43-27-31-45(32-28-43)35-36-46-33-29-44(30-34-46)26-24-42-21-17-40(18-22-42)14-12-38-9-5-2-6-10-38/h1-10,15-22,27-34H. The van der Waals surface area contributed by atoms with Crippen LogP contribution in [0.1, 0.15) is 55.6 Å². The maximum absolute atomic E-state index is 3.24. The molecular formula is C46H26. The van der Waals surface area contributed by atoms with Crippen molar-refractivity contribution in [1.29, 1.82) is 0 Å². The normalized spacial score (nSPS) is 9.30. The zero-order valence-electron chi connectivity index (χ0n) is 25.0. The smallest absolute Gasteiger partial charge is 0.0249 e. The molecule has 6 aromatic rings. The summed E-state index contributed by atoms with van der Waals surface area (Å²) in [5.74, 6) is 32.1. The van der Waals surface area contributed by atoms with Gasteiger partial charge < -0.3 is 0 Å². The van der Waals surface area contributed by atoms with E-state index in [4.69, 9.17) is 0 Å². The summed E-state index contributed by atoms with van der Waals surface area (Å²) in [6.07, 6.45) is 0. The summed E-state index contributed by atoms with van der Waals surface area (Å²) in [6.45, 7) is 0. The van der Waals surface area contributed by atoms with E-state index in [-0.39, 0.29) is 0 Å². The molecule has 0 aromatic heterocycles. The summed E-state index contributed by atoms with van der Waals surface area (Å²) < 4.78 is 0. The molecule has 46 heavy (non-hydrogen) atoms. The highest BCUT2D eigenvalue weighted by Gasteiger charge is 1.94. The Kier molecular flexibility index (Phi) is 9.54. The van der Waals surface area contributed by atoms with Gasteiger partial charge >= 0.3 is 0 Å². The highest BCUT2D eigenvalue weighted by Crippen LogP contribution is 2.08. The van der Waals surface area contributed by atoms with Crippen LogP contribution in [0.3, 0.4) is 0 Å². The van der Waals surface area contributed by atoms with E-state index < -0.39 is 0 Å². The fourth-order valence-corrected chi connectivity index (χ4v) is 4.31. The second-order valence-electron chi connectivity index (χ2n) is 10.3. The van der Waals surface area contributed by atoms with Crippen LogP contribution in [0.2, 0.25) is 0 Å². The molecule has 0 amide bonds. The van der Waals surface area contributed by atoms with Crippen LogP contribution in [-0.2, 0) is 0 Å². The van der Waals surface area contributed by atoms with Crippen LogP contribution in [0.25, 0.3) is 0 Å². The Morgan fingerprint density at radius 2 is 0.283 bits per heavy atom. The molecule has 210 valence electrons. The van der Waals surface area contributed by atoms with Crippen molar-refractivity contribution >= 4 is 0 Å². The van der Waals surface area contributed by atoms with E-state index >= 15 is 0 Å². The van der Waals surface area contributed by atoms with Crippen LogP contribution in [0, 0.1) is 59.2 Å². The van der Waals surface area contributed by atoms with E-state index in [0.717, 1.165) is 55.6 Å². The number of benzene rings is 6. The molecule has 0 saturated carbocycles. The molecule has 0 aliphatic carbocycles. The van der Waals surface area contributed by atoms with Crippen molar-refractivity contribution < 1.29 is 0 Å². The lowest BCUT2D eigenvalue weighted by atomic mass is 10.1. The maximum Gasteiger partial charge on any atom is 0.0249 e. The topological polar surface area (TPSA) is 0 Å². The van der Waals surface area contributed by atoms with E-state index in [1.54, 1.807) is 0 Å². The molecule has 6 aromatic carbocycles.